The maximum absolute atomic E-state index is 13.7. The standard InChI is InChI=1S/C31H32N2O3/c34-31(29-14-13-27-10-4-5-11-28(27)22-29)33(16-15-32-17-19-35-20-18-32)23-26-9-6-12-30(21-26)36-24-25-7-2-1-3-8-25/h1-14,21-22H,15-20,23-24H2. The number of carbonyl (C=O) groups is 1. The third-order valence-corrected chi connectivity index (χ3v) is 6.59. The van der Waals surface area contributed by atoms with Crippen LogP contribution in [0.25, 0.3) is 10.8 Å². The molecule has 4 aromatic carbocycles. The lowest BCUT2D eigenvalue weighted by Gasteiger charge is -2.30. The monoisotopic (exact) mass is 480 g/mol. The van der Waals surface area contributed by atoms with Crippen LogP contribution in [0.1, 0.15) is 21.5 Å². The van der Waals surface area contributed by atoms with Crippen LogP contribution in [0.2, 0.25) is 0 Å². The van der Waals surface area contributed by atoms with E-state index in [0.717, 1.165) is 60.5 Å². The number of hydrogen-bond acceptors (Lipinski definition) is 4. The van der Waals surface area contributed by atoms with Crippen molar-refractivity contribution in [1.82, 2.24) is 9.80 Å². The minimum absolute atomic E-state index is 0.0459. The van der Waals surface area contributed by atoms with Gasteiger partial charge in [0, 0.05) is 38.3 Å². The van der Waals surface area contributed by atoms with Gasteiger partial charge in [0.15, 0.2) is 0 Å². The van der Waals surface area contributed by atoms with Crippen molar-refractivity contribution >= 4 is 16.7 Å². The van der Waals surface area contributed by atoms with E-state index >= 15 is 0 Å². The number of morpholine rings is 1. The molecule has 0 radical (unpaired) electrons. The largest absolute Gasteiger partial charge is 0.489 e. The fourth-order valence-corrected chi connectivity index (χ4v) is 4.54. The lowest BCUT2D eigenvalue weighted by atomic mass is 10.1. The summed E-state index contributed by atoms with van der Waals surface area (Å²) in [6, 6.07) is 32.3. The van der Waals surface area contributed by atoms with Crippen molar-refractivity contribution in [1.29, 1.82) is 0 Å². The molecule has 0 bridgehead atoms. The number of benzene rings is 4. The van der Waals surface area contributed by atoms with Gasteiger partial charge in [0.05, 0.1) is 13.2 Å². The van der Waals surface area contributed by atoms with E-state index in [1.165, 1.54) is 0 Å². The minimum atomic E-state index is 0.0459. The molecule has 1 aliphatic rings. The van der Waals surface area contributed by atoms with Gasteiger partial charge in [-0.2, -0.15) is 0 Å². The quantitative estimate of drug-likeness (QED) is 0.322. The molecule has 1 amide bonds. The first-order valence-corrected chi connectivity index (χ1v) is 12.6. The summed E-state index contributed by atoms with van der Waals surface area (Å²) in [7, 11) is 0. The van der Waals surface area contributed by atoms with Crippen molar-refractivity contribution in [3.05, 3.63) is 114 Å². The zero-order valence-electron chi connectivity index (χ0n) is 20.5. The Balaban J connectivity index is 1.32. The van der Waals surface area contributed by atoms with Crippen LogP contribution in [0.4, 0.5) is 0 Å². The average Bonchev–Trinajstić information content (AvgIpc) is 2.95. The van der Waals surface area contributed by atoms with E-state index in [4.69, 9.17) is 9.47 Å². The molecule has 1 aliphatic heterocycles. The van der Waals surface area contributed by atoms with Crippen LogP contribution in [0, 0.1) is 0 Å². The summed E-state index contributed by atoms with van der Waals surface area (Å²) >= 11 is 0. The summed E-state index contributed by atoms with van der Waals surface area (Å²) in [6.45, 7) is 5.83. The fourth-order valence-electron chi connectivity index (χ4n) is 4.54. The Morgan fingerprint density at radius 1 is 0.806 bits per heavy atom. The van der Waals surface area contributed by atoms with Gasteiger partial charge < -0.3 is 14.4 Å². The van der Waals surface area contributed by atoms with Crippen LogP contribution < -0.4 is 4.74 Å². The molecular weight excluding hydrogens is 448 g/mol. The van der Waals surface area contributed by atoms with Crippen LogP contribution in [-0.4, -0.2) is 55.1 Å². The van der Waals surface area contributed by atoms with Gasteiger partial charge in [-0.25, -0.2) is 0 Å². The molecule has 1 fully saturated rings. The van der Waals surface area contributed by atoms with E-state index in [-0.39, 0.29) is 5.91 Å². The number of rotatable bonds is 9. The number of ether oxygens (including phenoxy) is 2. The van der Waals surface area contributed by atoms with Gasteiger partial charge in [0.25, 0.3) is 5.91 Å². The summed E-state index contributed by atoms with van der Waals surface area (Å²) < 4.78 is 11.5. The molecule has 184 valence electrons. The zero-order valence-corrected chi connectivity index (χ0v) is 20.5. The topological polar surface area (TPSA) is 42.0 Å². The van der Waals surface area contributed by atoms with E-state index < -0.39 is 0 Å². The predicted octanol–water partition coefficient (Wildman–Crippen LogP) is 5.39. The first-order chi connectivity index (χ1) is 17.7. The van der Waals surface area contributed by atoms with E-state index in [0.29, 0.717) is 25.3 Å². The van der Waals surface area contributed by atoms with Gasteiger partial charge in [0.2, 0.25) is 0 Å². The van der Waals surface area contributed by atoms with Gasteiger partial charge in [0.1, 0.15) is 12.4 Å². The van der Waals surface area contributed by atoms with Gasteiger partial charge in [-0.1, -0.05) is 72.8 Å². The number of hydrogen-bond donors (Lipinski definition) is 0. The van der Waals surface area contributed by atoms with E-state index in [1.54, 1.807) is 0 Å². The van der Waals surface area contributed by atoms with Crippen molar-refractivity contribution in [2.45, 2.75) is 13.2 Å². The highest BCUT2D eigenvalue weighted by atomic mass is 16.5. The van der Waals surface area contributed by atoms with Gasteiger partial charge in [-0.15, -0.1) is 0 Å². The molecule has 5 heteroatoms. The molecule has 0 saturated carbocycles. The first-order valence-electron chi connectivity index (χ1n) is 12.6. The Bertz CT molecular complexity index is 1290. The molecule has 1 heterocycles. The van der Waals surface area contributed by atoms with Gasteiger partial charge in [-0.05, 0) is 46.2 Å². The highest BCUT2D eigenvalue weighted by molar-refractivity contribution is 5.98. The molecule has 0 aromatic heterocycles. The van der Waals surface area contributed by atoms with Crippen LogP contribution in [0.3, 0.4) is 0 Å². The molecule has 0 atom stereocenters. The predicted molar refractivity (Wildman–Crippen MR) is 143 cm³/mol. The molecule has 0 spiro atoms. The van der Waals surface area contributed by atoms with Crippen LogP contribution in [0.5, 0.6) is 5.75 Å². The third-order valence-electron chi connectivity index (χ3n) is 6.59. The summed E-state index contributed by atoms with van der Waals surface area (Å²) in [5.41, 5.74) is 2.89. The number of nitrogens with zero attached hydrogens (tertiary/aromatic N) is 2. The number of amides is 1. The van der Waals surface area contributed by atoms with Gasteiger partial charge >= 0.3 is 0 Å². The maximum atomic E-state index is 13.7. The Morgan fingerprint density at radius 2 is 1.56 bits per heavy atom. The average molecular weight is 481 g/mol. The second kappa shape index (κ2) is 11.8. The molecule has 1 saturated heterocycles. The fraction of sp³-hybridized carbons (Fsp3) is 0.258. The molecule has 4 aromatic rings. The van der Waals surface area contributed by atoms with Crippen molar-refractivity contribution in [2.24, 2.45) is 0 Å². The first kappa shape index (κ1) is 24.0. The summed E-state index contributed by atoms with van der Waals surface area (Å²) in [4.78, 5) is 18.0. The minimum Gasteiger partial charge on any atom is -0.489 e. The highest BCUT2D eigenvalue weighted by Crippen LogP contribution is 2.20. The number of carbonyl (C=O) groups excluding carboxylic acids is 1. The lowest BCUT2D eigenvalue weighted by Crippen LogP contribution is -2.42. The Hall–Kier alpha value is -3.67. The molecule has 5 rings (SSSR count). The summed E-state index contributed by atoms with van der Waals surface area (Å²) in [5.74, 6) is 0.854. The van der Waals surface area contributed by atoms with Crippen molar-refractivity contribution in [3.8, 4) is 5.75 Å². The number of fused-ring (bicyclic) bond motifs is 1. The zero-order chi connectivity index (χ0) is 24.6. The summed E-state index contributed by atoms with van der Waals surface area (Å²) in [5, 5.41) is 2.21. The summed E-state index contributed by atoms with van der Waals surface area (Å²) in [6.07, 6.45) is 0. The van der Waals surface area contributed by atoms with Crippen LogP contribution >= 0.6 is 0 Å². The van der Waals surface area contributed by atoms with Gasteiger partial charge in [-0.3, -0.25) is 9.69 Å². The Morgan fingerprint density at radius 3 is 2.39 bits per heavy atom. The van der Waals surface area contributed by atoms with Crippen molar-refractivity contribution in [3.63, 3.8) is 0 Å². The molecule has 0 N–H and O–H groups in total. The van der Waals surface area contributed by atoms with Crippen molar-refractivity contribution in [2.75, 3.05) is 39.4 Å². The van der Waals surface area contributed by atoms with Crippen LogP contribution in [-0.2, 0) is 17.9 Å². The second-order valence-electron chi connectivity index (χ2n) is 9.16. The highest BCUT2D eigenvalue weighted by Gasteiger charge is 2.19. The van der Waals surface area contributed by atoms with Crippen LogP contribution in [0.15, 0.2) is 97.1 Å². The van der Waals surface area contributed by atoms with E-state index in [9.17, 15) is 4.79 Å². The molecule has 0 unspecified atom stereocenters. The molecule has 36 heavy (non-hydrogen) atoms. The second-order valence-corrected chi connectivity index (χ2v) is 9.16. The molecule has 5 nitrogen and oxygen atoms in total. The Labute approximate surface area is 212 Å². The lowest BCUT2D eigenvalue weighted by molar-refractivity contribution is 0.0320. The van der Waals surface area contributed by atoms with Crippen molar-refractivity contribution < 1.29 is 14.3 Å². The Kier molecular flexibility index (Phi) is 7.91. The molecular formula is C31H32N2O3. The SMILES string of the molecule is O=C(c1ccc2ccccc2c1)N(CCN1CCOCC1)Cc1cccc(OCc2ccccc2)c1. The maximum Gasteiger partial charge on any atom is 0.254 e. The van der Waals surface area contributed by atoms with E-state index in [2.05, 4.69) is 35.2 Å². The smallest absolute Gasteiger partial charge is 0.254 e. The normalized spacial score (nSPS) is 14.0. The third kappa shape index (κ3) is 6.30. The molecule has 0 aliphatic carbocycles. The van der Waals surface area contributed by atoms with E-state index in [1.807, 2.05) is 71.6 Å².